The molecule has 0 aliphatic carbocycles. The van der Waals surface area contributed by atoms with Crippen molar-refractivity contribution in [1.82, 2.24) is 24.8 Å². The van der Waals surface area contributed by atoms with E-state index in [0.717, 1.165) is 12.1 Å². The van der Waals surface area contributed by atoms with Crippen molar-refractivity contribution in [2.24, 2.45) is 11.0 Å². The second-order valence-electron chi connectivity index (χ2n) is 10.2. The number of nitrogens with zero attached hydrogens (tertiary/aromatic N) is 6. The largest absolute Gasteiger partial charge is 0.480 e. The van der Waals surface area contributed by atoms with Crippen molar-refractivity contribution in [2.75, 3.05) is 10.7 Å². The summed E-state index contributed by atoms with van der Waals surface area (Å²) in [5.74, 6) is -2.12. The predicted octanol–water partition coefficient (Wildman–Crippen LogP) is 3.40. The maximum atomic E-state index is 13.1. The Balaban J connectivity index is 1.61. The van der Waals surface area contributed by atoms with E-state index in [1.165, 1.54) is 29.4 Å². The summed E-state index contributed by atoms with van der Waals surface area (Å²) in [5.41, 5.74) is 1.49. The first-order chi connectivity index (χ1) is 21.9. The normalized spacial score (nSPS) is 11.7. The van der Waals surface area contributed by atoms with E-state index in [2.05, 4.69) is 36.1 Å². The van der Waals surface area contributed by atoms with Gasteiger partial charge in [-0.3, -0.25) is 35.2 Å². The van der Waals surface area contributed by atoms with Gasteiger partial charge in [-0.25, -0.2) is 14.8 Å². The van der Waals surface area contributed by atoms with Gasteiger partial charge in [0.2, 0.25) is 11.6 Å². The highest BCUT2D eigenvalue weighted by atomic mass is 16.6. The van der Waals surface area contributed by atoms with Crippen molar-refractivity contribution >= 4 is 46.9 Å². The SMILES string of the molecule is CC(C)C[C@H](NC(=O)Cn1cnc(-c2ncc(/C=N\Nc3c([N+](=O)[O-])cccc3[N+](=O)[O-])[nH]2)c1NC(=O)c1ccccc1)C(=O)O. The number of aliphatic carboxylic acids is 1. The molecule has 4 aromatic rings. The number of hydrogen-bond donors (Lipinski definition) is 5. The van der Waals surface area contributed by atoms with Gasteiger partial charge < -0.3 is 25.3 Å². The van der Waals surface area contributed by atoms with Gasteiger partial charge >= 0.3 is 17.3 Å². The summed E-state index contributed by atoms with van der Waals surface area (Å²) < 4.78 is 1.32. The minimum atomic E-state index is -1.18. The summed E-state index contributed by atoms with van der Waals surface area (Å²) in [5, 5.41) is 41.3. The van der Waals surface area contributed by atoms with E-state index in [-0.39, 0.29) is 41.9 Å². The van der Waals surface area contributed by atoms with Crippen molar-refractivity contribution in [3.05, 3.63) is 92.5 Å². The van der Waals surface area contributed by atoms with Crippen LogP contribution >= 0.6 is 0 Å². The number of H-pyrrole nitrogens is 1. The van der Waals surface area contributed by atoms with Crippen LogP contribution in [0.15, 0.2) is 66.2 Å². The van der Waals surface area contributed by atoms with E-state index in [0.29, 0.717) is 5.56 Å². The van der Waals surface area contributed by atoms with Crippen LogP contribution in [0.1, 0.15) is 36.3 Å². The lowest BCUT2D eigenvalue weighted by molar-refractivity contribution is -0.392. The maximum absolute atomic E-state index is 13.1. The van der Waals surface area contributed by atoms with Crippen LogP contribution < -0.4 is 16.1 Å². The number of para-hydroxylation sites is 1. The standard InChI is InChI=1S/C28H28N10O8/c1-16(2)11-19(28(41)42)33-22(39)14-36-15-30-24(26(36)34-27(40)17-7-4-3-5-8-17)25-29-12-18(32-25)13-31-35-23-20(37(43)44)9-6-10-21(23)38(45)46/h3-10,12-13,15-16,19,35H,11,14H2,1-2H3,(H,29,32)(H,33,39)(H,34,40)(H,41,42)/b31-13-/t19-/m0/s1. The number of nitrogens with one attached hydrogen (secondary N) is 4. The Labute approximate surface area is 259 Å². The van der Waals surface area contributed by atoms with Crippen molar-refractivity contribution in [2.45, 2.75) is 32.9 Å². The molecule has 4 rings (SSSR count). The molecule has 2 heterocycles. The predicted molar refractivity (Wildman–Crippen MR) is 164 cm³/mol. The minimum absolute atomic E-state index is 0.00628. The quantitative estimate of drug-likeness (QED) is 0.0765. The molecule has 5 N–H and O–H groups in total. The average molecular weight is 633 g/mol. The number of aromatic nitrogens is 4. The molecule has 18 nitrogen and oxygen atoms in total. The summed E-state index contributed by atoms with van der Waals surface area (Å²) in [6.45, 7) is 3.28. The lowest BCUT2D eigenvalue weighted by Gasteiger charge is -2.17. The molecule has 0 spiro atoms. The highest BCUT2D eigenvalue weighted by Gasteiger charge is 2.26. The first kappa shape index (κ1) is 32.5. The number of aromatic amines is 1. The Morgan fingerprint density at radius 2 is 1.72 bits per heavy atom. The van der Waals surface area contributed by atoms with Gasteiger partial charge in [0.05, 0.1) is 34.3 Å². The molecule has 0 saturated heterocycles. The van der Waals surface area contributed by atoms with Gasteiger partial charge in [0.1, 0.15) is 24.1 Å². The third kappa shape index (κ3) is 7.92. The van der Waals surface area contributed by atoms with Crippen LogP contribution in [0.25, 0.3) is 11.5 Å². The topological polar surface area (TPSA) is 253 Å². The number of carbonyl (C=O) groups is 3. The molecule has 0 unspecified atom stereocenters. The zero-order valence-corrected chi connectivity index (χ0v) is 24.4. The number of rotatable bonds is 14. The molecule has 0 fully saturated rings. The molecular weight excluding hydrogens is 604 g/mol. The molecule has 0 aliphatic rings. The Bertz CT molecular complexity index is 1770. The number of nitro benzene ring substituents is 2. The first-order valence-electron chi connectivity index (χ1n) is 13.6. The molecule has 2 aromatic carbocycles. The Morgan fingerprint density at radius 1 is 1.04 bits per heavy atom. The van der Waals surface area contributed by atoms with Gasteiger partial charge in [0, 0.05) is 17.7 Å². The third-order valence-corrected chi connectivity index (χ3v) is 6.37. The van der Waals surface area contributed by atoms with E-state index in [1.54, 1.807) is 30.3 Å². The van der Waals surface area contributed by atoms with Gasteiger partial charge in [-0.2, -0.15) is 5.10 Å². The van der Waals surface area contributed by atoms with E-state index in [4.69, 9.17) is 0 Å². The molecule has 2 amide bonds. The van der Waals surface area contributed by atoms with E-state index in [1.807, 2.05) is 13.8 Å². The number of hydrazone groups is 1. The molecular formula is C28H28N10O8. The number of carboxylic acids is 1. The third-order valence-electron chi connectivity index (χ3n) is 6.37. The van der Waals surface area contributed by atoms with Crippen molar-refractivity contribution in [3.63, 3.8) is 0 Å². The molecule has 0 bridgehead atoms. The fourth-order valence-corrected chi connectivity index (χ4v) is 4.30. The van der Waals surface area contributed by atoms with Crippen molar-refractivity contribution in [3.8, 4) is 11.5 Å². The van der Waals surface area contributed by atoms with Crippen LogP contribution in [-0.4, -0.2) is 64.5 Å². The van der Waals surface area contributed by atoms with Crippen molar-refractivity contribution in [1.29, 1.82) is 0 Å². The number of nitro groups is 2. The van der Waals surface area contributed by atoms with Crippen LogP contribution in [0, 0.1) is 26.1 Å². The fourth-order valence-electron chi connectivity index (χ4n) is 4.30. The van der Waals surface area contributed by atoms with Crippen LogP contribution in [0.5, 0.6) is 0 Å². The summed E-state index contributed by atoms with van der Waals surface area (Å²) in [7, 11) is 0. The number of anilines is 2. The molecule has 0 radical (unpaired) electrons. The second kappa shape index (κ2) is 14.3. The smallest absolute Gasteiger partial charge is 0.326 e. The van der Waals surface area contributed by atoms with Gasteiger partial charge in [-0.15, -0.1) is 0 Å². The van der Waals surface area contributed by atoms with Gasteiger partial charge in [0.25, 0.3) is 5.91 Å². The number of imidazole rings is 2. The highest BCUT2D eigenvalue weighted by Crippen LogP contribution is 2.33. The van der Waals surface area contributed by atoms with Gasteiger partial charge in [-0.05, 0) is 30.5 Å². The number of benzene rings is 2. The number of carboxylic acid groups (broad SMARTS) is 1. The molecule has 2 aromatic heterocycles. The van der Waals surface area contributed by atoms with Crippen molar-refractivity contribution < 1.29 is 29.3 Å². The van der Waals surface area contributed by atoms with Crippen LogP contribution in [0.4, 0.5) is 22.9 Å². The molecule has 1 atom stereocenters. The Kier molecular flexibility index (Phi) is 10.1. The van der Waals surface area contributed by atoms with E-state index < -0.39 is 50.7 Å². The summed E-state index contributed by atoms with van der Waals surface area (Å²) in [6.07, 6.45) is 3.99. The molecule has 0 saturated carbocycles. The number of carbonyl (C=O) groups excluding carboxylic acids is 2. The molecule has 0 aliphatic heterocycles. The maximum Gasteiger partial charge on any atom is 0.326 e. The number of hydrogen-bond acceptors (Lipinski definition) is 11. The van der Waals surface area contributed by atoms with Gasteiger partial charge in [0.15, 0.2) is 5.82 Å². The zero-order valence-electron chi connectivity index (χ0n) is 24.4. The molecule has 18 heteroatoms. The summed E-state index contributed by atoms with van der Waals surface area (Å²) in [4.78, 5) is 70.2. The van der Waals surface area contributed by atoms with Crippen LogP contribution in [0.2, 0.25) is 0 Å². The number of amides is 2. The molecule has 46 heavy (non-hydrogen) atoms. The lowest BCUT2D eigenvalue weighted by atomic mass is 10.0. The van der Waals surface area contributed by atoms with E-state index in [9.17, 15) is 39.7 Å². The Morgan fingerprint density at radius 3 is 2.33 bits per heavy atom. The fraction of sp³-hybridized carbons (Fsp3) is 0.214. The highest BCUT2D eigenvalue weighted by molar-refractivity contribution is 6.05. The van der Waals surface area contributed by atoms with Crippen LogP contribution in [-0.2, 0) is 16.1 Å². The second-order valence-corrected chi connectivity index (χ2v) is 10.2. The minimum Gasteiger partial charge on any atom is -0.480 e. The lowest BCUT2D eigenvalue weighted by Crippen LogP contribution is -2.43. The van der Waals surface area contributed by atoms with Gasteiger partial charge in [-0.1, -0.05) is 32.0 Å². The monoisotopic (exact) mass is 632 g/mol. The summed E-state index contributed by atoms with van der Waals surface area (Å²) in [6, 6.07) is 10.5. The van der Waals surface area contributed by atoms with Crippen LogP contribution in [0.3, 0.4) is 0 Å². The summed E-state index contributed by atoms with van der Waals surface area (Å²) >= 11 is 0. The Hall–Kier alpha value is -6.46. The zero-order chi connectivity index (χ0) is 33.4. The molecule has 238 valence electrons. The van der Waals surface area contributed by atoms with E-state index >= 15 is 0 Å². The first-order valence-corrected chi connectivity index (χ1v) is 13.6. The average Bonchev–Trinajstić information content (AvgIpc) is 3.63.